The Balaban J connectivity index is 1.39. The van der Waals surface area contributed by atoms with Crippen molar-refractivity contribution in [3.05, 3.63) is 99.7 Å². The molecule has 0 aliphatic heterocycles. The van der Waals surface area contributed by atoms with E-state index in [1.807, 2.05) is 48.5 Å². The van der Waals surface area contributed by atoms with Crippen molar-refractivity contribution >= 4 is 46.0 Å². The summed E-state index contributed by atoms with van der Waals surface area (Å²) in [5.41, 5.74) is 9.16. The molecule has 2 amide bonds. The Morgan fingerprint density at radius 2 is 1.89 bits per heavy atom. The van der Waals surface area contributed by atoms with E-state index in [1.165, 1.54) is 18.2 Å². The molecule has 0 fully saturated rings. The lowest BCUT2D eigenvalue weighted by atomic mass is 10.1. The van der Waals surface area contributed by atoms with E-state index in [0.717, 1.165) is 22.0 Å². The van der Waals surface area contributed by atoms with Crippen molar-refractivity contribution in [1.29, 1.82) is 0 Å². The van der Waals surface area contributed by atoms with Crippen LogP contribution in [0.15, 0.2) is 66.7 Å². The third-order valence-electron chi connectivity index (χ3n) is 5.91. The number of aromatic amines is 2. The topological polar surface area (TPSA) is 125 Å². The van der Waals surface area contributed by atoms with Crippen molar-refractivity contribution in [2.45, 2.75) is 19.0 Å². The van der Waals surface area contributed by atoms with Gasteiger partial charge in [-0.05, 0) is 42.3 Å². The number of halogens is 3. The number of H-pyrrole nitrogens is 2. The summed E-state index contributed by atoms with van der Waals surface area (Å²) >= 11 is 12.5. The van der Waals surface area contributed by atoms with Gasteiger partial charge in [0.1, 0.15) is 22.5 Å². The van der Waals surface area contributed by atoms with Gasteiger partial charge in [-0.25, -0.2) is 14.2 Å². The van der Waals surface area contributed by atoms with Crippen molar-refractivity contribution in [2.75, 3.05) is 5.73 Å². The number of fused-ring (bicyclic) bond motifs is 1. The van der Waals surface area contributed by atoms with Crippen molar-refractivity contribution in [1.82, 2.24) is 30.8 Å². The number of nitrogen functional groups attached to an aromatic ring is 1. The second-order valence-electron chi connectivity index (χ2n) is 8.46. The molecule has 3 aromatic carbocycles. The lowest BCUT2D eigenvalue weighted by Crippen LogP contribution is -2.39. The van der Waals surface area contributed by atoms with Crippen LogP contribution >= 0.6 is 23.2 Å². The van der Waals surface area contributed by atoms with E-state index < -0.39 is 17.9 Å². The van der Waals surface area contributed by atoms with Crippen LogP contribution < -0.4 is 16.4 Å². The third-order valence-corrected chi connectivity index (χ3v) is 6.42. The van der Waals surface area contributed by atoms with Gasteiger partial charge in [0, 0.05) is 28.1 Å². The molecule has 0 bridgehead atoms. The van der Waals surface area contributed by atoms with Crippen LogP contribution in [0.5, 0.6) is 0 Å². The molecule has 1 unspecified atom stereocenters. The SMILES string of the molecule is Nc1n[nH]c2cc(-c3nc(C(Cc4ccccc4)NC(=O)NCc4cc(Cl)ccc4F)[nH]c3Cl)ccc12. The molecule has 0 aliphatic carbocycles. The van der Waals surface area contributed by atoms with Gasteiger partial charge in [-0.1, -0.05) is 59.6 Å². The zero-order valence-electron chi connectivity index (χ0n) is 19.4. The Labute approximate surface area is 221 Å². The first-order chi connectivity index (χ1) is 17.9. The van der Waals surface area contributed by atoms with E-state index in [4.69, 9.17) is 33.9 Å². The minimum absolute atomic E-state index is 0.0340. The molecule has 0 radical (unpaired) electrons. The molecule has 188 valence electrons. The number of amides is 2. The van der Waals surface area contributed by atoms with Crippen LogP contribution in [0.4, 0.5) is 15.0 Å². The summed E-state index contributed by atoms with van der Waals surface area (Å²) in [6.45, 7) is -0.0340. The number of aromatic nitrogens is 4. The van der Waals surface area contributed by atoms with Crippen LogP contribution in [-0.4, -0.2) is 26.2 Å². The lowest BCUT2D eigenvalue weighted by molar-refractivity contribution is 0.236. The summed E-state index contributed by atoms with van der Waals surface area (Å²) in [7, 11) is 0. The van der Waals surface area contributed by atoms with Crippen LogP contribution in [-0.2, 0) is 13.0 Å². The molecule has 8 nitrogen and oxygen atoms in total. The number of nitrogens with two attached hydrogens (primary N) is 1. The normalized spacial score (nSPS) is 12.0. The highest BCUT2D eigenvalue weighted by Gasteiger charge is 2.22. The first-order valence-corrected chi connectivity index (χ1v) is 12.1. The number of hydrogen-bond donors (Lipinski definition) is 5. The first-order valence-electron chi connectivity index (χ1n) is 11.4. The van der Waals surface area contributed by atoms with Crippen molar-refractivity contribution in [2.24, 2.45) is 0 Å². The number of urea groups is 1. The van der Waals surface area contributed by atoms with E-state index in [9.17, 15) is 9.18 Å². The van der Waals surface area contributed by atoms with E-state index in [1.54, 1.807) is 0 Å². The number of benzene rings is 3. The second kappa shape index (κ2) is 10.5. The molecule has 0 aliphatic rings. The van der Waals surface area contributed by atoms with Crippen molar-refractivity contribution in [3.8, 4) is 11.3 Å². The number of carbonyl (C=O) groups is 1. The van der Waals surface area contributed by atoms with Gasteiger partial charge < -0.3 is 21.4 Å². The Bertz CT molecular complexity index is 1570. The van der Waals surface area contributed by atoms with Gasteiger partial charge >= 0.3 is 6.03 Å². The van der Waals surface area contributed by atoms with E-state index >= 15 is 0 Å². The molecule has 1 atom stereocenters. The van der Waals surface area contributed by atoms with Gasteiger partial charge in [0.2, 0.25) is 0 Å². The minimum Gasteiger partial charge on any atom is -0.382 e. The number of rotatable bonds is 7. The average Bonchev–Trinajstić information content (AvgIpc) is 3.47. The van der Waals surface area contributed by atoms with Gasteiger partial charge in [-0.3, -0.25) is 5.10 Å². The highest BCUT2D eigenvalue weighted by atomic mass is 35.5. The molecule has 6 N–H and O–H groups in total. The zero-order chi connectivity index (χ0) is 25.9. The standard InChI is InChI=1S/C26H22Cl2FN7O/c27-17-7-9-19(29)16(11-17)13-31-26(37)32-21(10-14-4-2-1-3-5-14)25-33-22(23(28)34-25)15-6-8-18-20(12-15)35-36-24(18)30/h1-9,11-12,21H,10,13H2,(H,33,34)(H3,30,35,36)(H2,31,32,37). The zero-order valence-corrected chi connectivity index (χ0v) is 20.9. The van der Waals surface area contributed by atoms with Crippen LogP contribution in [0.2, 0.25) is 10.2 Å². The predicted octanol–water partition coefficient (Wildman–Crippen LogP) is 5.76. The Kier molecular flexibility index (Phi) is 6.98. The molecular formula is C26H22Cl2FN7O. The molecule has 5 rings (SSSR count). The van der Waals surface area contributed by atoms with Crippen molar-refractivity contribution < 1.29 is 9.18 Å². The number of imidazole rings is 1. The molecule has 0 saturated heterocycles. The third kappa shape index (κ3) is 5.52. The number of anilines is 1. The first kappa shape index (κ1) is 24.6. The summed E-state index contributed by atoms with van der Waals surface area (Å²) in [6.07, 6.45) is 0.444. The largest absolute Gasteiger partial charge is 0.382 e. The quantitative estimate of drug-likeness (QED) is 0.181. The van der Waals surface area contributed by atoms with Crippen LogP contribution in [0.25, 0.3) is 22.2 Å². The monoisotopic (exact) mass is 537 g/mol. The Morgan fingerprint density at radius 1 is 1.08 bits per heavy atom. The molecular weight excluding hydrogens is 516 g/mol. The number of hydrogen-bond acceptors (Lipinski definition) is 4. The summed E-state index contributed by atoms with van der Waals surface area (Å²) in [5, 5.41) is 14.0. The Morgan fingerprint density at radius 3 is 2.70 bits per heavy atom. The van der Waals surface area contributed by atoms with Crippen molar-refractivity contribution in [3.63, 3.8) is 0 Å². The minimum atomic E-state index is -0.551. The molecule has 0 saturated carbocycles. The van der Waals surface area contributed by atoms with E-state index in [0.29, 0.717) is 33.9 Å². The number of nitrogens with zero attached hydrogens (tertiary/aromatic N) is 2. The summed E-state index contributed by atoms with van der Waals surface area (Å²) in [4.78, 5) is 20.6. The summed E-state index contributed by atoms with van der Waals surface area (Å²) < 4.78 is 14.1. The molecule has 2 heterocycles. The highest BCUT2D eigenvalue weighted by Crippen LogP contribution is 2.31. The number of nitrogens with one attached hydrogen (secondary N) is 4. The van der Waals surface area contributed by atoms with Gasteiger partial charge in [0.05, 0.1) is 11.6 Å². The maximum atomic E-state index is 14.1. The Hall–Kier alpha value is -4.08. The molecule has 11 heteroatoms. The number of carbonyl (C=O) groups excluding carboxylic acids is 1. The van der Waals surface area contributed by atoms with E-state index in [-0.39, 0.29) is 12.1 Å². The van der Waals surface area contributed by atoms with Gasteiger partial charge in [-0.2, -0.15) is 5.10 Å². The summed E-state index contributed by atoms with van der Waals surface area (Å²) in [6, 6.07) is 18.3. The molecule has 2 aromatic heterocycles. The molecule has 0 spiro atoms. The molecule has 5 aromatic rings. The fraction of sp³-hybridized carbons (Fsp3) is 0.115. The van der Waals surface area contributed by atoms with Crippen LogP contribution in [0.1, 0.15) is 23.0 Å². The fourth-order valence-corrected chi connectivity index (χ4v) is 4.49. The smallest absolute Gasteiger partial charge is 0.315 e. The van der Waals surface area contributed by atoms with Crippen LogP contribution in [0, 0.1) is 5.82 Å². The fourth-order valence-electron chi connectivity index (χ4n) is 4.04. The van der Waals surface area contributed by atoms with E-state index in [2.05, 4.69) is 25.8 Å². The van der Waals surface area contributed by atoms with Gasteiger partial charge in [0.15, 0.2) is 5.82 Å². The average molecular weight is 538 g/mol. The van der Waals surface area contributed by atoms with Gasteiger partial charge in [-0.15, -0.1) is 0 Å². The maximum Gasteiger partial charge on any atom is 0.315 e. The maximum absolute atomic E-state index is 14.1. The van der Waals surface area contributed by atoms with Crippen LogP contribution in [0.3, 0.4) is 0 Å². The lowest BCUT2D eigenvalue weighted by Gasteiger charge is -2.18. The summed E-state index contributed by atoms with van der Waals surface area (Å²) in [5.74, 6) is 0.423. The van der Waals surface area contributed by atoms with Gasteiger partial charge in [0.25, 0.3) is 0 Å². The molecule has 37 heavy (non-hydrogen) atoms. The predicted molar refractivity (Wildman–Crippen MR) is 143 cm³/mol. The second-order valence-corrected chi connectivity index (χ2v) is 9.27. The highest BCUT2D eigenvalue weighted by molar-refractivity contribution is 6.32.